The van der Waals surface area contributed by atoms with Gasteiger partial charge in [-0.25, -0.2) is 0 Å². The molecule has 22 heavy (non-hydrogen) atoms. The Kier molecular flexibility index (Phi) is 5.42. The van der Waals surface area contributed by atoms with E-state index in [-0.39, 0.29) is 11.9 Å². The number of amides is 1. The third-order valence-corrected chi connectivity index (χ3v) is 3.37. The maximum Gasteiger partial charge on any atom is 0.255 e. The van der Waals surface area contributed by atoms with E-state index in [0.717, 1.165) is 11.3 Å². The van der Waals surface area contributed by atoms with Crippen LogP contribution in [0.15, 0.2) is 48.5 Å². The van der Waals surface area contributed by atoms with Gasteiger partial charge in [-0.15, -0.1) is 0 Å². The molecule has 4 heteroatoms. The number of nitrogens with one attached hydrogen (secondary N) is 1. The second-order valence-electron chi connectivity index (χ2n) is 4.90. The number of methoxy groups -OCH3 is 1. The quantitative estimate of drug-likeness (QED) is 0.887. The summed E-state index contributed by atoms with van der Waals surface area (Å²) in [6, 6.07) is 14.8. The summed E-state index contributed by atoms with van der Waals surface area (Å²) < 4.78 is 10.7. The average molecular weight is 299 g/mol. The summed E-state index contributed by atoms with van der Waals surface area (Å²) in [5.41, 5.74) is 1.53. The number of ether oxygens (including phenoxy) is 2. The summed E-state index contributed by atoms with van der Waals surface area (Å²) in [7, 11) is 1.63. The molecule has 0 bridgehead atoms. The maximum atomic E-state index is 12.5. The van der Waals surface area contributed by atoms with Crippen molar-refractivity contribution in [3.05, 3.63) is 59.7 Å². The maximum absolute atomic E-state index is 12.5. The van der Waals surface area contributed by atoms with E-state index in [9.17, 15) is 4.79 Å². The SMILES string of the molecule is CCOc1ccccc1C(=O)NC(C)c1cccc(OC)c1. The Hall–Kier alpha value is -2.49. The fourth-order valence-corrected chi connectivity index (χ4v) is 2.20. The molecule has 0 fully saturated rings. The molecule has 2 aromatic carbocycles. The predicted octanol–water partition coefficient (Wildman–Crippen LogP) is 3.58. The van der Waals surface area contributed by atoms with Crippen molar-refractivity contribution in [1.29, 1.82) is 0 Å². The summed E-state index contributed by atoms with van der Waals surface area (Å²) in [5, 5.41) is 2.99. The molecule has 2 aromatic rings. The van der Waals surface area contributed by atoms with Gasteiger partial charge in [0.25, 0.3) is 5.91 Å². The number of hydrogen-bond acceptors (Lipinski definition) is 3. The van der Waals surface area contributed by atoms with Crippen molar-refractivity contribution >= 4 is 5.91 Å². The van der Waals surface area contributed by atoms with E-state index in [0.29, 0.717) is 17.9 Å². The Labute approximate surface area is 131 Å². The molecule has 0 saturated carbocycles. The van der Waals surface area contributed by atoms with Gasteiger partial charge in [0.1, 0.15) is 11.5 Å². The van der Waals surface area contributed by atoms with Crippen molar-refractivity contribution in [2.24, 2.45) is 0 Å². The minimum Gasteiger partial charge on any atom is -0.497 e. The molecule has 0 radical (unpaired) electrons. The number of rotatable bonds is 6. The summed E-state index contributed by atoms with van der Waals surface area (Å²) in [6.45, 7) is 4.36. The van der Waals surface area contributed by atoms with Gasteiger partial charge < -0.3 is 14.8 Å². The summed E-state index contributed by atoms with van der Waals surface area (Å²) in [5.74, 6) is 1.22. The van der Waals surface area contributed by atoms with E-state index < -0.39 is 0 Å². The van der Waals surface area contributed by atoms with Crippen LogP contribution < -0.4 is 14.8 Å². The van der Waals surface area contributed by atoms with Crippen molar-refractivity contribution in [3.8, 4) is 11.5 Å². The minimum atomic E-state index is -0.153. The van der Waals surface area contributed by atoms with Crippen LogP contribution in [0.5, 0.6) is 11.5 Å². The molecule has 0 aromatic heterocycles. The number of benzene rings is 2. The van der Waals surface area contributed by atoms with Crippen LogP contribution in [0.2, 0.25) is 0 Å². The van der Waals surface area contributed by atoms with E-state index >= 15 is 0 Å². The minimum absolute atomic E-state index is 0.128. The molecule has 0 aliphatic carbocycles. The summed E-state index contributed by atoms with van der Waals surface area (Å²) >= 11 is 0. The summed E-state index contributed by atoms with van der Waals surface area (Å²) in [4.78, 5) is 12.5. The fourth-order valence-electron chi connectivity index (χ4n) is 2.20. The third-order valence-electron chi connectivity index (χ3n) is 3.37. The van der Waals surface area contributed by atoms with E-state index in [1.54, 1.807) is 19.2 Å². The lowest BCUT2D eigenvalue weighted by molar-refractivity contribution is 0.0936. The predicted molar refractivity (Wildman–Crippen MR) is 86.5 cm³/mol. The van der Waals surface area contributed by atoms with E-state index in [4.69, 9.17) is 9.47 Å². The van der Waals surface area contributed by atoms with Gasteiger partial charge in [-0.3, -0.25) is 4.79 Å². The number of carbonyl (C=O) groups excluding carboxylic acids is 1. The van der Waals surface area contributed by atoms with Crippen LogP contribution in [0.1, 0.15) is 35.8 Å². The molecular weight excluding hydrogens is 278 g/mol. The fraction of sp³-hybridized carbons (Fsp3) is 0.278. The van der Waals surface area contributed by atoms with Crippen LogP contribution >= 0.6 is 0 Å². The lowest BCUT2D eigenvalue weighted by Crippen LogP contribution is -2.27. The molecule has 0 aliphatic rings. The molecule has 1 amide bonds. The Morgan fingerprint density at radius 3 is 2.68 bits per heavy atom. The van der Waals surface area contributed by atoms with Gasteiger partial charge >= 0.3 is 0 Å². The van der Waals surface area contributed by atoms with Crippen molar-refractivity contribution in [1.82, 2.24) is 5.32 Å². The van der Waals surface area contributed by atoms with Crippen LogP contribution in [0.3, 0.4) is 0 Å². The number of para-hydroxylation sites is 1. The van der Waals surface area contributed by atoms with Crippen LogP contribution in [-0.4, -0.2) is 19.6 Å². The van der Waals surface area contributed by atoms with E-state index in [1.165, 1.54) is 0 Å². The van der Waals surface area contributed by atoms with Crippen LogP contribution in [0, 0.1) is 0 Å². The highest BCUT2D eigenvalue weighted by Crippen LogP contribution is 2.21. The van der Waals surface area contributed by atoms with Gasteiger partial charge in [-0.05, 0) is 43.7 Å². The van der Waals surface area contributed by atoms with Crippen LogP contribution in [0.4, 0.5) is 0 Å². The molecule has 0 saturated heterocycles. The van der Waals surface area contributed by atoms with Crippen molar-refractivity contribution in [3.63, 3.8) is 0 Å². The Bertz CT molecular complexity index is 640. The van der Waals surface area contributed by atoms with Gasteiger partial charge in [-0.2, -0.15) is 0 Å². The molecule has 1 unspecified atom stereocenters. The van der Waals surface area contributed by atoms with E-state index in [2.05, 4.69) is 5.32 Å². The highest BCUT2D eigenvalue weighted by atomic mass is 16.5. The highest BCUT2D eigenvalue weighted by molar-refractivity contribution is 5.97. The molecule has 116 valence electrons. The highest BCUT2D eigenvalue weighted by Gasteiger charge is 2.15. The molecular formula is C18H21NO3. The number of hydrogen-bond donors (Lipinski definition) is 1. The standard InChI is InChI=1S/C18H21NO3/c1-4-22-17-11-6-5-10-16(17)18(20)19-13(2)14-8-7-9-15(12-14)21-3/h5-13H,4H2,1-3H3,(H,19,20). The Balaban J connectivity index is 2.14. The first-order valence-corrected chi connectivity index (χ1v) is 7.32. The van der Waals surface area contributed by atoms with Gasteiger partial charge in [0.2, 0.25) is 0 Å². The molecule has 2 rings (SSSR count). The van der Waals surface area contributed by atoms with Gasteiger partial charge in [0.05, 0.1) is 25.3 Å². The zero-order valence-electron chi connectivity index (χ0n) is 13.1. The Morgan fingerprint density at radius 2 is 1.95 bits per heavy atom. The Morgan fingerprint density at radius 1 is 1.18 bits per heavy atom. The van der Waals surface area contributed by atoms with Crippen LogP contribution in [-0.2, 0) is 0 Å². The molecule has 0 aliphatic heterocycles. The second-order valence-corrected chi connectivity index (χ2v) is 4.90. The van der Waals surface area contributed by atoms with Gasteiger partial charge in [0, 0.05) is 0 Å². The second kappa shape index (κ2) is 7.50. The molecule has 4 nitrogen and oxygen atoms in total. The largest absolute Gasteiger partial charge is 0.497 e. The first-order chi connectivity index (χ1) is 10.7. The first-order valence-electron chi connectivity index (χ1n) is 7.32. The summed E-state index contributed by atoms with van der Waals surface area (Å²) in [6.07, 6.45) is 0. The normalized spacial score (nSPS) is 11.6. The van der Waals surface area contributed by atoms with Crippen LogP contribution in [0.25, 0.3) is 0 Å². The first kappa shape index (κ1) is 15.9. The van der Waals surface area contributed by atoms with Crippen molar-refractivity contribution in [2.75, 3.05) is 13.7 Å². The number of carbonyl (C=O) groups is 1. The zero-order valence-corrected chi connectivity index (χ0v) is 13.1. The third kappa shape index (κ3) is 3.79. The van der Waals surface area contributed by atoms with Gasteiger partial charge in [-0.1, -0.05) is 24.3 Å². The lowest BCUT2D eigenvalue weighted by Gasteiger charge is -2.16. The topological polar surface area (TPSA) is 47.6 Å². The van der Waals surface area contributed by atoms with Crippen molar-refractivity contribution in [2.45, 2.75) is 19.9 Å². The molecule has 0 spiro atoms. The van der Waals surface area contributed by atoms with E-state index in [1.807, 2.05) is 50.2 Å². The molecule has 1 N–H and O–H groups in total. The van der Waals surface area contributed by atoms with Crippen molar-refractivity contribution < 1.29 is 14.3 Å². The van der Waals surface area contributed by atoms with Gasteiger partial charge in [0.15, 0.2) is 0 Å². The molecule has 0 heterocycles. The zero-order chi connectivity index (χ0) is 15.9. The smallest absolute Gasteiger partial charge is 0.255 e. The monoisotopic (exact) mass is 299 g/mol. The molecule has 1 atom stereocenters. The lowest BCUT2D eigenvalue weighted by atomic mass is 10.1. The average Bonchev–Trinajstić information content (AvgIpc) is 2.55.